The summed E-state index contributed by atoms with van der Waals surface area (Å²) in [5, 5.41) is -0.335. The standard InChI is InChI=1S/C11H22N2O2S/c1-7(2)16(14,15)13-11-5-9-3-8(6-12)4-10(9)11/h7-11,13H,3-6,12H2,1-2H3. The molecule has 0 heterocycles. The highest BCUT2D eigenvalue weighted by atomic mass is 32.2. The molecule has 2 fully saturated rings. The van der Waals surface area contributed by atoms with Crippen LogP contribution in [0.25, 0.3) is 0 Å². The molecule has 0 aromatic rings. The number of rotatable bonds is 4. The fourth-order valence-corrected chi connectivity index (χ4v) is 3.99. The zero-order valence-corrected chi connectivity index (χ0v) is 10.8. The molecule has 2 aliphatic rings. The van der Waals surface area contributed by atoms with Crippen molar-refractivity contribution in [1.29, 1.82) is 0 Å². The lowest BCUT2D eigenvalue weighted by atomic mass is 9.72. The average Bonchev–Trinajstić information content (AvgIpc) is 2.52. The van der Waals surface area contributed by atoms with Crippen molar-refractivity contribution in [2.24, 2.45) is 23.5 Å². The van der Waals surface area contributed by atoms with Gasteiger partial charge in [-0.05, 0) is 57.4 Å². The molecule has 5 heteroatoms. The van der Waals surface area contributed by atoms with E-state index in [0.29, 0.717) is 17.8 Å². The van der Waals surface area contributed by atoms with E-state index >= 15 is 0 Å². The Morgan fingerprint density at radius 3 is 2.56 bits per heavy atom. The Morgan fingerprint density at radius 1 is 1.31 bits per heavy atom. The summed E-state index contributed by atoms with van der Waals surface area (Å²) in [7, 11) is -3.10. The minimum absolute atomic E-state index is 0.175. The van der Waals surface area contributed by atoms with E-state index in [-0.39, 0.29) is 11.3 Å². The highest BCUT2D eigenvalue weighted by Gasteiger charge is 2.48. The first-order valence-corrected chi connectivity index (χ1v) is 7.70. The number of fused-ring (bicyclic) bond motifs is 1. The molecule has 0 amide bonds. The monoisotopic (exact) mass is 246 g/mol. The van der Waals surface area contributed by atoms with Crippen LogP contribution in [0, 0.1) is 17.8 Å². The molecule has 0 spiro atoms. The van der Waals surface area contributed by atoms with Crippen molar-refractivity contribution < 1.29 is 8.42 Å². The van der Waals surface area contributed by atoms with E-state index in [1.54, 1.807) is 13.8 Å². The topological polar surface area (TPSA) is 72.2 Å². The Kier molecular flexibility index (Phi) is 3.29. The molecule has 0 saturated heterocycles. The van der Waals surface area contributed by atoms with Crippen molar-refractivity contribution >= 4 is 10.0 Å². The second-order valence-electron chi connectivity index (χ2n) is 5.55. The van der Waals surface area contributed by atoms with Crippen LogP contribution in [0.1, 0.15) is 33.1 Å². The van der Waals surface area contributed by atoms with E-state index in [9.17, 15) is 8.42 Å². The third kappa shape index (κ3) is 2.13. The van der Waals surface area contributed by atoms with Crippen LogP contribution in [0.15, 0.2) is 0 Å². The van der Waals surface area contributed by atoms with E-state index in [1.807, 2.05) is 0 Å². The zero-order chi connectivity index (χ0) is 11.9. The summed E-state index contributed by atoms with van der Waals surface area (Å²) in [6, 6.07) is 0.175. The van der Waals surface area contributed by atoms with Crippen LogP contribution in [0.2, 0.25) is 0 Å². The van der Waals surface area contributed by atoms with Gasteiger partial charge in [0, 0.05) is 6.04 Å². The SMILES string of the molecule is CC(C)S(=O)(=O)NC1CC2CC(CN)CC21. The third-order valence-corrected chi connectivity index (χ3v) is 6.06. The maximum atomic E-state index is 11.7. The molecule has 0 aromatic heterocycles. The fraction of sp³-hybridized carbons (Fsp3) is 1.00. The van der Waals surface area contributed by atoms with Gasteiger partial charge in [-0.25, -0.2) is 13.1 Å². The minimum Gasteiger partial charge on any atom is -0.330 e. The van der Waals surface area contributed by atoms with Crippen molar-refractivity contribution in [2.75, 3.05) is 6.54 Å². The van der Waals surface area contributed by atoms with Crippen LogP contribution in [0.4, 0.5) is 0 Å². The molecule has 4 atom stereocenters. The molecule has 2 saturated carbocycles. The van der Waals surface area contributed by atoms with Gasteiger partial charge in [0.2, 0.25) is 10.0 Å². The average molecular weight is 246 g/mol. The minimum atomic E-state index is -3.10. The molecular formula is C11H22N2O2S. The maximum Gasteiger partial charge on any atom is 0.214 e. The lowest BCUT2D eigenvalue weighted by molar-refractivity contribution is 0.158. The summed E-state index contributed by atoms with van der Waals surface area (Å²) in [4.78, 5) is 0. The Balaban J connectivity index is 1.92. The van der Waals surface area contributed by atoms with Crippen molar-refractivity contribution in [2.45, 2.75) is 44.4 Å². The van der Waals surface area contributed by atoms with Gasteiger partial charge in [0.15, 0.2) is 0 Å². The molecule has 0 bridgehead atoms. The molecule has 16 heavy (non-hydrogen) atoms. The summed E-state index contributed by atoms with van der Waals surface area (Å²) < 4.78 is 26.3. The number of nitrogens with one attached hydrogen (secondary N) is 1. The normalized spacial score (nSPS) is 38.5. The highest BCUT2D eigenvalue weighted by molar-refractivity contribution is 7.90. The van der Waals surface area contributed by atoms with Crippen LogP contribution in [-0.4, -0.2) is 26.3 Å². The molecule has 3 N–H and O–H groups in total. The summed E-state index contributed by atoms with van der Waals surface area (Å²) >= 11 is 0. The van der Waals surface area contributed by atoms with Crippen molar-refractivity contribution in [3.05, 3.63) is 0 Å². The molecule has 0 radical (unpaired) electrons. The second-order valence-corrected chi connectivity index (χ2v) is 7.82. The van der Waals surface area contributed by atoms with E-state index in [0.717, 1.165) is 19.4 Å². The first-order valence-electron chi connectivity index (χ1n) is 6.15. The summed E-state index contributed by atoms with van der Waals surface area (Å²) in [5.74, 6) is 1.87. The van der Waals surface area contributed by atoms with Gasteiger partial charge in [0.05, 0.1) is 5.25 Å². The van der Waals surface area contributed by atoms with Crippen LogP contribution in [-0.2, 0) is 10.0 Å². The van der Waals surface area contributed by atoms with Gasteiger partial charge in [0.1, 0.15) is 0 Å². The molecule has 0 aromatic carbocycles. The predicted molar refractivity (Wildman–Crippen MR) is 64.4 cm³/mol. The predicted octanol–water partition coefficient (Wildman–Crippen LogP) is 0.688. The van der Waals surface area contributed by atoms with Gasteiger partial charge >= 0.3 is 0 Å². The molecular weight excluding hydrogens is 224 g/mol. The quantitative estimate of drug-likeness (QED) is 0.766. The Labute approximate surface area is 98.0 Å². The molecule has 4 nitrogen and oxygen atoms in total. The largest absolute Gasteiger partial charge is 0.330 e. The summed E-state index contributed by atoms with van der Waals surface area (Å²) in [6.07, 6.45) is 3.31. The van der Waals surface area contributed by atoms with Gasteiger partial charge < -0.3 is 5.73 Å². The van der Waals surface area contributed by atoms with E-state index in [4.69, 9.17) is 5.73 Å². The third-order valence-electron chi connectivity index (χ3n) is 4.19. The van der Waals surface area contributed by atoms with Crippen LogP contribution < -0.4 is 10.5 Å². The van der Waals surface area contributed by atoms with E-state index in [1.165, 1.54) is 6.42 Å². The molecule has 2 aliphatic carbocycles. The maximum absolute atomic E-state index is 11.7. The van der Waals surface area contributed by atoms with Crippen LogP contribution in [0.3, 0.4) is 0 Å². The Hall–Kier alpha value is -0.130. The van der Waals surface area contributed by atoms with Gasteiger partial charge in [0.25, 0.3) is 0 Å². The van der Waals surface area contributed by atoms with Gasteiger partial charge in [-0.3, -0.25) is 0 Å². The van der Waals surface area contributed by atoms with Crippen LogP contribution in [0.5, 0.6) is 0 Å². The van der Waals surface area contributed by atoms with Crippen molar-refractivity contribution in [3.8, 4) is 0 Å². The first-order chi connectivity index (χ1) is 7.44. The summed E-state index contributed by atoms with van der Waals surface area (Å²) in [6.45, 7) is 4.18. The van der Waals surface area contributed by atoms with Gasteiger partial charge in [-0.1, -0.05) is 0 Å². The van der Waals surface area contributed by atoms with Crippen LogP contribution >= 0.6 is 0 Å². The zero-order valence-electron chi connectivity index (χ0n) is 10.0. The van der Waals surface area contributed by atoms with Crippen molar-refractivity contribution in [3.63, 3.8) is 0 Å². The molecule has 2 rings (SSSR count). The highest BCUT2D eigenvalue weighted by Crippen LogP contribution is 2.49. The smallest absolute Gasteiger partial charge is 0.214 e. The number of hydrogen-bond acceptors (Lipinski definition) is 3. The molecule has 0 aliphatic heterocycles. The van der Waals surface area contributed by atoms with Gasteiger partial charge in [-0.2, -0.15) is 0 Å². The molecule has 4 unspecified atom stereocenters. The summed E-state index contributed by atoms with van der Waals surface area (Å²) in [5.41, 5.74) is 5.67. The van der Waals surface area contributed by atoms with E-state index in [2.05, 4.69) is 4.72 Å². The van der Waals surface area contributed by atoms with Gasteiger partial charge in [-0.15, -0.1) is 0 Å². The second kappa shape index (κ2) is 4.27. The van der Waals surface area contributed by atoms with Crippen molar-refractivity contribution in [1.82, 2.24) is 4.72 Å². The first kappa shape index (κ1) is 12.3. The molecule has 94 valence electrons. The lowest BCUT2D eigenvalue weighted by Crippen LogP contribution is -2.51. The number of nitrogens with two attached hydrogens (primary N) is 1. The van der Waals surface area contributed by atoms with E-state index < -0.39 is 10.0 Å². The number of sulfonamides is 1. The fourth-order valence-electron chi connectivity index (χ4n) is 3.02. The Morgan fingerprint density at radius 2 is 2.00 bits per heavy atom. The lowest BCUT2D eigenvalue weighted by Gasteiger charge is -2.40. The number of hydrogen-bond donors (Lipinski definition) is 2. The Bertz CT molecular complexity index is 353.